The lowest BCUT2D eigenvalue weighted by Crippen LogP contribution is -2.21. The van der Waals surface area contributed by atoms with E-state index >= 15 is 0 Å². The van der Waals surface area contributed by atoms with Crippen molar-refractivity contribution < 1.29 is 14.8 Å². The van der Waals surface area contributed by atoms with Gasteiger partial charge in [0.15, 0.2) is 6.04 Å². The van der Waals surface area contributed by atoms with Crippen molar-refractivity contribution in [3.05, 3.63) is 89.2 Å². The summed E-state index contributed by atoms with van der Waals surface area (Å²) >= 11 is 0. The summed E-state index contributed by atoms with van der Waals surface area (Å²) in [6, 6.07) is 21.3. The zero-order valence-electron chi connectivity index (χ0n) is 16.7. The molecule has 4 aromatic rings. The van der Waals surface area contributed by atoms with Crippen LogP contribution in [-0.4, -0.2) is 17.2 Å². The number of fused-ring (bicyclic) bond motifs is 1. The maximum absolute atomic E-state index is 11.1. The van der Waals surface area contributed by atoms with E-state index in [1.165, 1.54) is 0 Å². The molecule has 4 rings (SSSR count). The van der Waals surface area contributed by atoms with Gasteiger partial charge in [0.05, 0.1) is 12.8 Å². The molecule has 5 heteroatoms. The number of hydrogen-bond acceptors (Lipinski definition) is 4. The Hall–Kier alpha value is -3.60. The van der Waals surface area contributed by atoms with Crippen molar-refractivity contribution in [1.29, 1.82) is 0 Å². The largest absolute Gasteiger partial charge is 0.505 e. The highest BCUT2D eigenvalue weighted by Gasteiger charge is 2.27. The highest BCUT2D eigenvalue weighted by atomic mass is 16.5. The van der Waals surface area contributed by atoms with Gasteiger partial charge in [-0.1, -0.05) is 36.4 Å². The average molecular weight is 386 g/mol. The summed E-state index contributed by atoms with van der Waals surface area (Å²) in [6.07, 6.45) is 0. The summed E-state index contributed by atoms with van der Waals surface area (Å²) in [4.78, 5) is 7.89. The molecule has 0 saturated carbocycles. The van der Waals surface area contributed by atoms with E-state index in [1.54, 1.807) is 7.11 Å². The Morgan fingerprint density at radius 1 is 0.931 bits per heavy atom. The number of phenols is 1. The van der Waals surface area contributed by atoms with Gasteiger partial charge in [0, 0.05) is 28.3 Å². The molecule has 0 aliphatic rings. The molecule has 3 N–H and O–H groups in total. The molecular formula is C24H24N3O2+. The molecule has 0 aliphatic carbocycles. The standard InChI is InChI=1S/C24H23N3O2/c1-15-7-6-10-21(25-15)27-23(18-8-4-5-9-20(18)29-3)19-14-13-17-12-11-16(2)26-22(17)24(19)28/h4-14,23,28H,1-3H3,(H,25,27)/p+1/t23-/m1/s1. The first kappa shape index (κ1) is 18.7. The van der Waals surface area contributed by atoms with Crippen molar-refractivity contribution in [3.63, 3.8) is 0 Å². The van der Waals surface area contributed by atoms with Crippen LogP contribution in [0.5, 0.6) is 11.5 Å². The summed E-state index contributed by atoms with van der Waals surface area (Å²) in [5.41, 5.74) is 4.15. The van der Waals surface area contributed by atoms with Crippen LogP contribution in [0.15, 0.2) is 66.7 Å². The van der Waals surface area contributed by atoms with Gasteiger partial charge in [-0.05, 0) is 38.1 Å². The lowest BCUT2D eigenvalue weighted by molar-refractivity contribution is -0.371. The van der Waals surface area contributed by atoms with E-state index in [1.807, 2.05) is 80.6 Å². The minimum Gasteiger partial charge on any atom is -0.505 e. The third kappa shape index (κ3) is 3.72. The minimum atomic E-state index is -0.337. The molecule has 2 heterocycles. The second kappa shape index (κ2) is 7.80. The highest BCUT2D eigenvalue weighted by Crippen LogP contribution is 2.39. The Morgan fingerprint density at radius 2 is 1.72 bits per heavy atom. The van der Waals surface area contributed by atoms with Crippen LogP contribution in [0, 0.1) is 13.8 Å². The van der Waals surface area contributed by atoms with Crippen LogP contribution in [0.1, 0.15) is 28.6 Å². The average Bonchev–Trinajstić information content (AvgIpc) is 2.73. The summed E-state index contributed by atoms with van der Waals surface area (Å²) in [5.74, 6) is 1.76. The van der Waals surface area contributed by atoms with Crippen molar-refractivity contribution in [2.75, 3.05) is 12.4 Å². The Kier molecular flexibility index (Phi) is 5.04. The van der Waals surface area contributed by atoms with Crippen LogP contribution in [0.25, 0.3) is 10.9 Å². The quantitative estimate of drug-likeness (QED) is 0.527. The maximum Gasteiger partial charge on any atom is 0.273 e. The number of pyridine rings is 2. The van der Waals surface area contributed by atoms with Gasteiger partial charge < -0.3 is 9.84 Å². The Balaban J connectivity index is 1.90. The fourth-order valence-corrected chi connectivity index (χ4v) is 3.57. The third-order valence-corrected chi connectivity index (χ3v) is 5.01. The second-order valence-electron chi connectivity index (χ2n) is 7.09. The van der Waals surface area contributed by atoms with Gasteiger partial charge in [0.2, 0.25) is 0 Å². The van der Waals surface area contributed by atoms with Crippen LogP contribution in [0.2, 0.25) is 0 Å². The van der Waals surface area contributed by atoms with Crippen LogP contribution in [0.3, 0.4) is 0 Å². The van der Waals surface area contributed by atoms with Gasteiger partial charge in [0.1, 0.15) is 17.0 Å². The SMILES string of the molecule is COc1ccccc1[C@@H](Nc1cccc(C)[nH+]1)c1ccc2ccc(C)nc2c1O. The lowest BCUT2D eigenvalue weighted by Gasteiger charge is -2.20. The number of benzene rings is 2. The molecule has 29 heavy (non-hydrogen) atoms. The zero-order chi connectivity index (χ0) is 20.4. The van der Waals surface area contributed by atoms with E-state index in [2.05, 4.69) is 15.3 Å². The van der Waals surface area contributed by atoms with Gasteiger partial charge in [0.25, 0.3) is 5.82 Å². The number of rotatable bonds is 5. The number of nitrogens with zero attached hydrogens (tertiary/aromatic N) is 1. The van der Waals surface area contributed by atoms with Crippen LogP contribution < -0.4 is 15.0 Å². The molecule has 5 nitrogen and oxygen atoms in total. The predicted molar refractivity (Wildman–Crippen MR) is 114 cm³/mol. The number of hydrogen-bond donors (Lipinski definition) is 2. The summed E-state index contributed by atoms with van der Waals surface area (Å²) in [7, 11) is 1.65. The fourth-order valence-electron chi connectivity index (χ4n) is 3.57. The minimum absolute atomic E-state index is 0.169. The number of aromatic nitrogens is 2. The van der Waals surface area contributed by atoms with Crippen LogP contribution in [0.4, 0.5) is 5.82 Å². The topological polar surface area (TPSA) is 68.5 Å². The Labute approximate surface area is 170 Å². The lowest BCUT2D eigenvalue weighted by atomic mass is 9.95. The van der Waals surface area contributed by atoms with Crippen LogP contribution >= 0.6 is 0 Å². The first-order valence-electron chi connectivity index (χ1n) is 9.54. The van der Waals surface area contributed by atoms with Gasteiger partial charge in [-0.2, -0.15) is 0 Å². The van der Waals surface area contributed by atoms with E-state index in [0.29, 0.717) is 5.52 Å². The molecule has 146 valence electrons. The summed E-state index contributed by atoms with van der Waals surface area (Å²) in [5, 5.41) is 15.6. The molecule has 0 spiro atoms. The number of anilines is 1. The third-order valence-electron chi connectivity index (χ3n) is 5.01. The molecule has 2 aromatic heterocycles. The Morgan fingerprint density at radius 3 is 2.52 bits per heavy atom. The Bertz CT molecular complexity index is 1170. The van der Waals surface area contributed by atoms with E-state index < -0.39 is 0 Å². The zero-order valence-corrected chi connectivity index (χ0v) is 16.7. The number of aryl methyl sites for hydroxylation is 2. The summed E-state index contributed by atoms with van der Waals surface area (Å²) < 4.78 is 5.61. The van der Waals surface area contributed by atoms with E-state index in [-0.39, 0.29) is 11.8 Å². The van der Waals surface area contributed by atoms with E-state index in [0.717, 1.165) is 39.5 Å². The molecular weight excluding hydrogens is 362 g/mol. The molecule has 0 amide bonds. The molecule has 0 aliphatic heterocycles. The van der Waals surface area contributed by atoms with Crippen molar-refractivity contribution in [3.8, 4) is 11.5 Å². The number of H-pyrrole nitrogens is 1. The monoisotopic (exact) mass is 386 g/mol. The number of aromatic hydroxyl groups is 1. The van der Waals surface area contributed by atoms with E-state index in [4.69, 9.17) is 4.74 Å². The summed E-state index contributed by atoms with van der Waals surface area (Å²) in [6.45, 7) is 3.92. The molecule has 0 unspecified atom stereocenters. The smallest absolute Gasteiger partial charge is 0.273 e. The van der Waals surface area contributed by atoms with Crippen molar-refractivity contribution in [1.82, 2.24) is 4.98 Å². The second-order valence-corrected chi connectivity index (χ2v) is 7.09. The first-order valence-corrected chi connectivity index (χ1v) is 9.54. The number of phenolic OH excluding ortho intramolecular Hbond substituents is 1. The maximum atomic E-state index is 11.1. The van der Waals surface area contributed by atoms with E-state index in [9.17, 15) is 5.11 Å². The fraction of sp³-hybridized carbons (Fsp3) is 0.167. The van der Waals surface area contributed by atoms with Gasteiger partial charge >= 0.3 is 0 Å². The molecule has 0 saturated heterocycles. The van der Waals surface area contributed by atoms with Crippen molar-refractivity contribution in [2.24, 2.45) is 0 Å². The number of nitrogens with one attached hydrogen (secondary N) is 2. The molecule has 0 bridgehead atoms. The normalized spacial score (nSPS) is 12.0. The number of ether oxygens (including phenoxy) is 1. The molecule has 0 radical (unpaired) electrons. The molecule has 0 fully saturated rings. The molecule has 2 aromatic carbocycles. The van der Waals surface area contributed by atoms with Crippen LogP contribution in [-0.2, 0) is 0 Å². The van der Waals surface area contributed by atoms with Crippen molar-refractivity contribution >= 4 is 16.7 Å². The van der Waals surface area contributed by atoms with Crippen molar-refractivity contribution in [2.45, 2.75) is 19.9 Å². The predicted octanol–water partition coefficient (Wildman–Crippen LogP) is 4.58. The first-order chi connectivity index (χ1) is 14.1. The number of para-hydroxylation sites is 1. The van der Waals surface area contributed by atoms with Gasteiger partial charge in [-0.3, -0.25) is 5.32 Å². The van der Waals surface area contributed by atoms with Gasteiger partial charge in [-0.25, -0.2) is 9.97 Å². The number of methoxy groups -OCH3 is 1. The number of aromatic amines is 1. The molecule has 1 atom stereocenters. The van der Waals surface area contributed by atoms with Gasteiger partial charge in [-0.15, -0.1) is 0 Å². The highest BCUT2D eigenvalue weighted by molar-refractivity contribution is 5.86.